The molecule has 12 heteroatoms. The molecule has 0 aliphatic carbocycles. The highest BCUT2D eigenvalue weighted by molar-refractivity contribution is 7.89. The average Bonchev–Trinajstić information content (AvgIpc) is 3.26. The number of benzene rings is 3. The molecule has 10 nitrogen and oxygen atoms in total. The van der Waals surface area contributed by atoms with Gasteiger partial charge in [0.05, 0.1) is 16.1 Å². The lowest BCUT2D eigenvalue weighted by atomic mass is 10.1. The minimum Gasteiger partial charge on any atom is -0.384 e. The zero-order valence-corrected chi connectivity index (χ0v) is 22.4. The number of carbonyl (C=O) groups excluding carboxylic acids is 1. The summed E-state index contributed by atoms with van der Waals surface area (Å²) in [6, 6.07) is 19.0. The highest BCUT2D eigenvalue weighted by Crippen LogP contribution is 2.25. The molecule has 2 aromatic heterocycles. The lowest BCUT2D eigenvalue weighted by Crippen LogP contribution is -2.29. The van der Waals surface area contributed by atoms with E-state index in [9.17, 15) is 13.2 Å². The zero-order valence-electron chi connectivity index (χ0n) is 20.8. The van der Waals surface area contributed by atoms with Crippen LogP contribution in [0, 0.1) is 5.41 Å². The van der Waals surface area contributed by atoms with E-state index in [4.69, 9.17) is 11.1 Å². The number of rotatable bonds is 8. The Hall–Kier alpha value is -4.45. The molecule has 3 aromatic carbocycles. The van der Waals surface area contributed by atoms with Crippen LogP contribution in [0.1, 0.15) is 21.5 Å². The van der Waals surface area contributed by atoms with E-state index in [2.05, 4.69) is 20.6 Å². The van der Waals surface area contributed by atoms with Gasteiger partial charge in [-0.05, 0) is 35.9 Å². The van der Waals surface area contributed by atoms with Gasteiger partial charge in [-0.15, -0.1) is 17.2 Å². The van der Waals surface area contributed by atoms with Gasteiger partial charge in [0, 0.05) is 59.4 Å². The van der Waals surface area contributed by atoms with Crippen molar-refractivity contribution in [2.45, 2.75) is 11.4 Å². The van der Waals surface area contributed by atoms with Crippen LogP contribution >= 0.6 is 12.4 Å². The maximum Gasteiger partial charge on any atom is 0.257 e. The molecule has 0 spiro atoms. The van der Waals surface area contributed by atoms with E-state index in [1.165, 1.54) is 6.07 Å². The Morgan fingerprint density at radius 2 is 1.82 bits per heavy atom. The average molecular weight is 564 g/mol. The van der Waals surface area contributed by atoms with Crippen molar-refractivity contribution in [2.24, 2.45) is 12.8 Å². The van der Waals surface area contributed by atoms with Crippen LogP contribution in [0.25, 0.3) is 21.7 Å². The third kappa shape index (κ3) is 5.70. The molecule has 2 heterocycles. The normalized spacial score (nSPS) is 11.2. The van der Waals surface area contributed by atoms with Gasteiger partial charge in [-0.3, -0.25) is 15.2 Å². The Kier molecular flexibility index (Phi) is 7.86. The van der Waals surface area contributed by atoms with Crippen molar-refractivity contribution in [1.29, 1.82) is 5.41 Å². The van der Waals surface area contributed by atoms with Gasteiger partial charge in [-0.2, -0.15) is 0 Å². The summed E-state index contributed by atoms with van der Waals surface area (Å²) in [7, 11) is -2.06. The Morgan fingerprint density at radius 1 is 1.05 bits per heavy atom. The molecule has 0 aliphatic heterocycles. The number of hydrogen-bond acceptors (Lipinski definition) is 6. The van der Waals surface area contributed by atoms with Gasteiger partial charge in [0.2, 0.25) is 0 Å². The van der Waals surface area contributed by atoms with Gasteiger partial charge >= 0.3 is 0 Å². The molecule has 6 N–H and O–H groups in total. The molecule has 5 rings (SSSR count). The molecule has 5 aromatic rings. The number of fused-ring (bicyclic) bond motifs is 2. The van der Waals surface area contributed by atoms with Crippen molar-refractivity contribution in [3.8, 4) is 0 Å². The van der Waals surface area contributed by atoms with Crippen molar-refractivity contribution in [1.82, 2.24) is 19.7 Å². The molecular formula is C27H26ClN7O3S. The van der Waals surface area contributed by atoms with E-state index in [1.807, 2.05) is 17.7 Å². The maximum absolute atomic E-state index is 13.1. The third-order valence-corrected chi connectivity index (χ3v) is 7.52. The second-order valence-corrected chi connectivity index (χ2v) is 10.4. The summed E-state index contributed by atoms with van der Waals surface area (Å²) < 4.78 is 28.0. The second kappa shape index (κ2) is 11.1. The van der Waals surface area contributed by atoms with E-state index in [1.54, 1.807) is 73.2 Å². The topological polar surface area (TPSA) is 155 Å². The highest BCUT2D eigenvalue weighted by atomic mass is 35.5. The highest BCUT2D eigenvalue weighted by Gasteiger charge is 2.18. The number of amides is 1. The van der Waals surface area contributed by atoms with Crippen LogP contribution in [0.15, 0.2) is 90.2 Å². The number of nitrogens with zero attached hydrogens (tertiary/aromatic N) is 2. The Labute approximate surface area is 231 Å². The summed E-state index contributed by atoms with van der Waals surface area (Å²) >= 11 is 0. The van der Waals surface area contributed by atoms with E-state index < -0.39 is 10.0 Å². The van der Waals surface area contributed by atoms with E-state index in [-0.39, 0.29) is 29.0 Å². The molecule has 200 valence electrons. The number of carbonyl (C=O) groups is 1. The van der Waals surface area contributed by atoms with Crippen LogP contribution in [0.4, 0.5) is 5.69 Å². The number of aryl methyl sites for hydroxylation is 1. The molecule has 0 saturated carbocycles. The molecular weight excluding hydrogens is 538 g/mol. The predicted octanol–water partition coefficient (Wildman–Crippen LogP) is 3.67. The predicted molar refractivity (Wildman–Crippen MR) is 154 cm³/mol. The molecule has 0 fully saturated rings. The lowest BCUT2D eigenvalue weighted by molar-refractivity contribution is 0.0952. The van der Waals surface area contributed by atoms with E-state index in [0.717, 1.165) is 11.1 Å². The zero-order chi connectivity index (χ0) is 26.9. The van der Waals surface area contributed by atoms with Crippen LogP contribution in [-0.2, 0) is 23.6 Å². The number of nitrogens with two attached hydrogens (primary N) is 1. The molecule has 0 bridgehead atoms. The SMILES string of the molecule is Cl.Cn1cc(C(=O)NCc2ccc(C(=N)N)cc2)c2cc(NNS(=O)(=O)c3cccc4cnccc34)ccc21. The second-order valence-electron chi connectivity index (χ2n) is 8.76. The van der Waals surface area contributed by atoms with Gasteiger partial charge in [0.1, 0.15) is 5.84 Å². The number of sulfonamides is 1. The van der Waals surface area contributed by atoms with Crippen molar-refractivity contribution >= 4 is 61.5 Å². The molecule has 39 heavy (non-hydrogen) atoms. The van der Waals surface area contributed by atoms with Crippen LogP contribution in [0.2, 0.25) is 0 Å². The number of pyridine rings is 1. The first kappa shape index (κ1) is 27.6. The summed E-state index contributed by atoms with van der Waals surface area (Å²) in [5.41, 5.74) is 11.5. The quantitative estimate of drug-likeness (QED) is 0.110. The van der Waals surface area contributed by atoms with Gasteiger partial charge in [0.25, 0.3) is 15.9 Å². The van der Waals surface area contributed by atoms with Crippen LogP contribution in [0.5, 0.6) is 0 Å². The number of hydrogen-bond donors (Lipinski definition) is 5. The van der Waals surface area contributed by atoms with Gasteiger partial charge < -0.3 is 21.0 Å². The standard InChI is InChI=1S/C27H25N7O3S.ClH/c1-34-16-23(27(35)31-14-17-5-7-18(8-6-17)26(28)29)22-13-20(9-10-24(22)34)32-33-38(36,37)25-4-2-3-19-15-30-12-11-21(19)25;/h2-13,15-16,32-33H,14H2,1H3,(H3,28,29)(H,31,35);1H. The first-order valence-corrected chi connectivity index (χ1v) is 13.1. The molecule has 0 aliphatic rings. The van der Waals surface area contributed by atoms with Crippen molar-refractivity contribution < 1.29 is 13.2 Å². The number of amidine groups is 1. The molecule has 0 saturated heterocycles. The van der Waals surface area contributed by atoms with Crippen molar-refractivity contribution in [2.75, 3.05) is 5.43 Å². The maximum atomic E-state index is 13.1. The minimum absolute atomic E-state index is 0. The van der Waals surface area contributed by atoms with Gasteiger partial charge in [-0.1, -0.05) is 36.4 Å². The Morgan fingerprint density at radius 3 is 2.56 bits per heavy atom. The third-order valence-electron chi connectivity index (χ3n) is 6.21. The minimum atomic E-state index is -3.90. The fourth-order valence-electron chi connectivity index (χ4n) is 4.24. The number of hydrazine groups is 1. The number of nitrogens with one attached hydrogen (secondary N) is 4. The summed E-state index contributed by atoms with van der Waals surface area (Å²) in [5.74, 6) is -0.286. The first-order chi connectivity index (χ1) is 18.2. The lowest BCUT2D eigenvalue weighted by Gasteiger charge is -2.12. The molecule has 0 unspecified atom stereocenters. The van der Waals surface area contributed by atoms with Crippen molar-refractivity contribution in [3.05, 3.63) is 102 Å². The smallest absolute Gasteiger partial charge is 0.257 e. The van der Waals surface area contributed by atoms with Gasteiger partial charge in [0.15, 0.2) is 0 Å². The van der Waals surface area contributed by atoms with E-state index >= 15 is 0 Å². The van der Waals surface area contributed by atoms with Crippen molar-refractivity contribution in [3.63, 3.8) is 0 Å². The summed E-state index contributed by atoms with van der Waals surface area (Å²) in [5, 5.41) is 12.3. The first-order valence-electron chi connectivity index (χ1n) is 11.6. The number of aromatic nitrogens is 2. The number of nitrogen functional groups attached to an aromatic ring is 1. The monoisotopic (exact) mass is 563 g/mol. The Bertz CT molecular complexity index is 1800. The molecule has 0 atom stereocenters. The number of anilines is 1. The van der Waals surface area contributed by atoms with Crippen LogP contribution in [0.3, 0.4) is 0 Å². The summed E-state index contributed by atoms with van der Waals surface area (Å²) in [4.78, 5) is 19.6. The Balaban J connectivity index is 0.00000353. The van der Waals surface area contributed by atoms with Crippen LogP contribution in [-0.4, -0.2) is 29.7 Å². The van der Waals surface area contributed by atoms with E-state index in [0.29, 0.717) is 39.5 Å². The fraction of sp³-hybridized carbons (Fsp3) is 0.0741. The molecule has 0 radical (unpaired) electrons. The summed E-state index contributed by atoms with van der Waals surface area (Å²) in [6.07, 6.45) is 4.89. The fourth-order valence-corrected chi connectivity index (χ4v) is 5.33. The van der Waals surface area contributed by atoms with Gasteiger partial charge in [-0.25, -0.2) is 8.42 Å². The van der Waals surface area contributed by atoms with Crippen LogP contribution < -0.4 is 21.3 Å². The molecule has 1 amide bonds. The largest absolute Gasteiger partial charge is 0.384 e. The summed E-state index contributed by atoms with van der Waals surface area (Å²) in [6.45, 7) is 0.297. The number of halogens is 1.